The highest BCUT2D eigenvalue weighted by Gasteiger charge is 2.26. The van der Waals surface area contributed by atoms with E-state index in [9.17, 15) is 14.4 Å². The zero-order valence-corrected chi connectivity index (χ0v) is 31.2. The average Bonchev–Trinajstić information content (AvgIpc) is 3.53. The van der Waals surface area contributed by atoms with Crippen LogP contribution in [0.2, 0.25) is 0 Å². The van der Waals surface area contributed by atoms with E-state index in [2.05, 4.69) is 15.8 Å². The number of nitrogens with one attached hydrogen (secondary N) is 2. The maximum Gasteiger partial charge on any atom is 0.254 e. The molecule has 0 aliphatic heterocycles. The lowest BCUT2D eigenvalue weighted by Crippen LogP contribution is -2.51. The molecule has 1 aromatic heterocycles. The predicted molar refractivity (Wildman–Crippen MR) is 205 cm³/mol. The van der Waals surface area contributed by atoms with Crippen LogP contribution in [-0.4, -0.2) is 77.6 Å². The van der Waals surface area contributed by atoms with Crippen molar-refractivity contribution in [1.82, 2.24) is 15.4 Å². The molecule has 2 unspecified atom stereocenters. The molecular weight excluding hydrogens is 683 g/mol. The van der Waals surface area contributed by atoms with Crippen LogP contribution in [0.15, 0.2) is 71.3 Å². The molecule has 278 valence electrons. The minimum Gasteiger partial charge on any atom is -0.493 e. The monoisotopic (exact) mass is 731 g/mol. The van der Waals surface area contributed by atoms with Gasteiger partial charge in [0.1, 0.15) is 11.8 Å². The minimum absolute atomic E-state index is 0.0514. The van der Waals surface area contributed by atoms with Gasteiger partial charge < -0.3 is 40.0 Å². The van der Waals surface area contributed by atoms with Crippen molar-refractivity contribution in [3.63, 3.8) is 0 Å². The number of nitrogens with two attached hydrogens (primary N) is 1. The van der Waals surface area contributed by atoms with Gasteiger partial charge in [0.25, 0.3) is 5.91 Å². The summed E-state index contributed by atoms with van der Waals surface area (Å²) in [5.74, 6) is 0.940. The zero-order chi connectivity index (χ0) is 37.6. The number of hydrogen-bond acceptors (Lipinski definition) is 10. The number of thiocarbonyl (C=S) groups is 1. The number of carbonyl (C=O) groups is 3. The third kappa shape index (κ3) is 11.0. The summed E-state index contributed by atoms with van der Waals surface area (Å²) in [7, 11) is 1.56. The Balaban J connectivity index is 1.29. The van der Waals surface area contributed by atoms with Crippen molar-refractivity contribution in [1.29, 1.82) is 0 Å². The van der Waals surface area contributed by atoms with Crippen LogP contribution in [0.1, 0.15) is 69.3 Å². The molecular formula is C39H49N5O7S. The Labute approximate surface area is 310 Å². The number of methoxy groups -OCH3 is 1. The molecule has 12 nitrogen and oxygen atoms in total. The summed E-state index contributed by atoms with van der Waals surface area (Å²) >= 11 is 4.85. The highest BCUT2D eigenvalue weighted by atomic mass is 32.1. The SMILES string of the molecule is COc1cc(C(=O)N(C(C)C)C(C)C)ccc1OCCCCOc1ccc2c(NC(=O)C(Cc3ccccc3)NC(=O)C(N)CCC=S)noc2c1. The summed E-state index contributed by atoms with van der Waals surface area (Å²) in [6, 6.07) is 18.3. The van der Waals surface area contributed by atoms with Gasteiger partial charge in [-0.2, -0.15) is 0 Å². The van der Waals surface area contributed by atoms with E-state index in [0.29, 0.717) is 59.8 Å². The molecule has 3 amide bonds. The largest absolute Gasteiger partial charge is 0.493 e. The van der Waals surface area contributed by atoms with E-state index in [1.54, 1.807) is 43.5 Å². The van der Waals surface area contributed by atoms with Crippen molar-refractivity contribution >= 4 is 52.1 Å². The third-order valence-corrected chi connectivity index (χ3v) is 8.59. The first kappa shape index (κ1) is 39.8. The molecule has 2 atom stereocenters. The van der Waals surface area contributed by atoms with Gasteiger partial charge in [0.15, 0.2) is 22.9 Å². The number of anilines is 1. The fourth-order valence-electron chi connectivity index (χ4n) is 5.73. The number of hydrogen-bond donors (Lipinski definition) is 3. The van der Waals surface area contributed by atoms with Crippen LogP contribution in [0.25, 0.3) is 11.0 Å². The van der Waals surface area contributed by atoms with Crippen molar-refractivity contribution in [3.05, 3.63) is 77.9 Å². The number of nitrogens with zero attached hydrogens (tertiary/aromatic N) is 2. The second-order valence-electron chi connectivity index (χ2n) is 12.9. The van der Waals surface area contributed by atoms with E-state index in [1.807, 2.05) is 62.9 Å². The molecule has 3 aromatic carbocycles. The molecule has 0 saturated carbocycles. The first-order chi connectivity index (χ1) is 25.0. The van der Waals surface area contributed by atoms with E-state index in [1.165, 1.54) is 5.37 Å². The molecule has 0 aliphatic carbocycles. The Morgan fingerprint density at radius 2 is 1.63 bits per heavy atom. The molecule has 4 aromatic rings. The van der Waals surface area contributed by atoms with Crippen LogP contribution >= 0.6 is 12.2 Å². The van der Waals surface area contributed by atoms with Gasteiger partial charge in [-0.3, -0.25) is 14.4 Å². The summed E-state index contributed by atoms with van der Waals surface area (Å²) in [5, 5.41) is 11.8. The second-order valence-corrected chi connectivity index (χ2v) is 13.3. The van der Waals surface area contributed by atoms with E-state index < -0.39 is 23.9 Å². The van der Waals surface area contributed by atoms with E-state index >= 15 is 0 Å². The molecule has 4 rings (SSSR count). The highest BCUT2D eigenvalue weighted by molar-refractivity contribution is 7.78. The molecule has 1 heterocycles. The lowest BCUT2D eigenvalue weighted by molar-refractivity contribution is -0.127. The summed E-state index contributed by atoms with van der Waals surface area (Å²) in [6.07, 6.45) is 2.59. The van der Waals surface area contributed by atoms with E-state index in [-0.39, 0.29) is 30.2 Å². The molecule has 0 bridgehead atoms. The lowest BCUT2D eigenvalue weighted by atomic mass is 10.0. The van der Waals surface area contributed by atoms with Gasteiger partial charge in [0.2, 0.25) is 11.8 Å². The Hall–Kier alpha value is -5.01. The quantitative estimate of drug-likeness (QED) is 0.0716. The molecule has 0 fully saturated rings. The molecule has 0 saturated heterocycles. The topological polar surface area (TPSA) is 158 Å². The average molecular weight is 732 g/mol. The van der Waals surface area contributed by atoms with Crippen LogP contribution in [0, 0.1) is 0 Å². The minimum atomic E-state index is -0.901. The zero-order valence-electron chi connectivity index (χ0n) is 30.4. The first-order valence-corrected chi connectivity index (χ1v) is 18.0. The van der Waals surface area contributed by atoms with Gasteiger partial charge >= 0.3 is 0 Å². The first-order valence-electron chi connectivity index (χ1n) is 17.5. The fourth-order valence-corrected chi connectivity index (χ4v) is 5.86. The maximum absolute atomic E-state index is 13.4. The highest BCUT2D eigenvalue weighted by Crippen LogP contribution is 2.30. The fraction of sp³-hybridized carbons (Fsp3) is 0.410. The van der Waals surface area contributed by atoms with Gasteiger partial charge in [-0.15, -0.1) is 0 Å². The maximum atomic E-state index is 13.4. The number of unbranched alkanes of at least 4 members (excludes halogenated alkanes) is 1. The van der Waals surface area contributed by atoms with Crippen molar-refractivity contribution in [2.24, 2.45) is 5.73 Å². The van der Waals surface area contributed by atoms with Crippen LogP contribution in [-0.2, 0) is 16.0 Å². The smallest absolute Gasteiger partial charge is 0.254 e. The Kier molecular flexibility index (Phi) is 15.0. The Bertz CT molecular complexity index is 1790. The van der Waals surface area contributed by atoms with Gasteiger partial charge in [-0.05, 0) is 94.6 Å². The van der Waals surface area contributed by atoms with E-state index in [4.69, 9.17) is 36.7 Å². The van der Waals surface area contributed by atoms with Crippen LogP contribution < -0.4 is 30.6 Å². The Morgan fingerprint density at radius 3 is 2.31 bits per heavy atom. The summed E-state index contributed by atoms with van der Waals surface area (Å²) in [4.78, 5) is 41.2. The number of ether oxygens (including phenoxy) is 3. The number of aromatic nitrogens is 1. The number of benzene rings is 3. The number of fused-ring (bicyclic) bond motifs is 1. The van der Waals surface area contributed by atoms with Gasteiger partial charge in [0, 0.05) is 30.1 Å². The van der Waals surface area contributed by atoms with Crippen molar-refractivity contribution in [2.75, 3.05) is 25.6 Å². The van der Waals surface area contributed by atoms with Gasteiger partial charge in [0.05, 0.1) is 31.8 Å². The normalized spacial score (nSPS) is 12.3. The van der Waals surface area contributed by atoms with Crippen molar-refractivity contribution in [3.8, 4) is 17.2 Å². The molecule has 13 heteroatoms. The van der Waals surface area contributed by atoms with Crippen LogP contribution in [0.3, 0.4) is 0 Å². The predicted octanol–water partition coefficient (Wildman–Crippen LogP) is 6.11. The lowest BCUT2D eigenvalue weighted by Gasteiger charge is -2.31. The standard InChI is InChI=1S/C39H49N5O7S/c1-25(2)44(26(3)4)39(47)28-15-18-33(35(23-28)48-5)50-20-10-9-19-49-29-16-17-30-34(24-29)51-43-36(30)42-38(46)32(22-27-12-7-6-8-13-27)41-37(45)31(40)14-11-21-52/h6-8,12-13,15-18,21,23-26,31-32H,9-11,14,19-20,22,40H2,1-5H3,(H,41,45)(H,42,43,46). The number of carbonyl (C=O) groups excluding carboxylic acids is 3. The van der Waals surface area contributed by atoms with E-state index in [0.717, 1.165) is 18.4 Å². The molecule has 0 aliphatic rings. The van der Waals surface area contributed by atoms with Gasteiger partial charge in [-0.25, -0.2) is 0 Å². The second kappa shape index (κ2) is 19.6. The Morgan fingerprint density at radius 1 is 0.923 bits per heavy atom. The molecule has 4 N–H and O–H groups in total. The molecule has 0 radical (unpaired) electrons. The molecule has 0 spiro atoms. The van der Waals surface area contributed by atoms with Crippen LogP contribution in [0.5, 0.6) is 17.2 Å². The van der Waals surface area contributed by atoms with Crippen molar-refractivity contribution < 1.29 is 33.1 Å². The van der Waals surface area contributed by atoms with Crippen molar-refractivity contribution in [2.45, 2.75) is 84.0 Å². The number of amides is 3. The summed E-state index contributed by atoms with van der Waals surface area (Å²) in [5.41, 5.74) is 7.88. The summed E-state index contributed by atoms with van der Waals surface area (Å²) in [6.45, 7) is 8.87. The van der Waals surface area contributed by atoms with Crippen LogP contribution in [0.4, 0.5) is 5.82 Å². The molecule has 52 heavy (non-hydrogen) atoms. The number of rotatable bonds is 20. The summed E-state index contributed by atoms with van der Waals surface area (Å²) < 4.78 is 22.9. The third-order valence-electron chi connectivity index (χ3n) is 8.36. The van der Waals surface area contributed by atoms with Gasteiger partial charge in [-0.1, -0.05) is 47.7 Å².